The molecule has 3 aromatic carbocycles. The second-order valence-corrected chi connectivity index (χ2v) is 25.2. The Hall–Kier alpha value is -8.88. The molecule has 96 heavy (non-hydrogen) atoms. The van der Waals surface area contributed by atoms with E-state index >= 15 is 0 Å². The van der Waals surface area contributed by atoms with Crippen molar-refractivity contribution in [2.24, 2.45) is 77.7 Å². The molecule has 2 aliphatic carbocycles. The maximum Gasteiger partial charge on any atom is 0.255 e. The van der Waals surface area contributed by atoms with Crippen LogP contribution in [0.15, 0.2) is 56.4 Å². The third-order valence-electron chi connectivity index (χ3n) is 17.0. The van der Waals surface area contributed by atoms with Crippen LogP contribution >= 0.6 is 0 Å². The van der Waals surface area contributed by atoms with Crippen LogP contribution in [0.4, 0.5) is 0 Å². The number of hydrogen-bond donors (Lipinski definition) is 11. The van der Waals surface area contributed by atoms with Gasteiger partial charge < -0.3 is 90.4 Å². The van der Waals surface area contributed by atoms with Gasteiger partial charge in [-0.3, -0.25) is 48.7 Å². The molecule has 3 aromatic rings. The summed E-state index contributed by atoms with van der Waals surface area (Å²) in [6.07, 6.45) is 14.4. The first kappa shape index (κ1) is 77.8. The van der Waals surface area contributed by atoms with Gasteiger partial charge in [-0.05, 0) is 198 Å². The van der Waals surface area contributed by atoms with Gasteiger partial charge >= 0.3 is 0 Å². The first-order valence-corrected chi connectivity index (χ1v) is 33.9. The number of rotatable bonds is 44. The molecule has 0 unspecified atom stereocenters. The van der Waals surface area contributed by atoms with E-state index in [1.807, 2.05) is 25.9 Å². The van der Waals surface area contributed by atoms with Crippen LogP contribution in [-0.2, 0) is 0 Å². The first-order chi connectivity index (χ1) is 46.0. The Bertz CT molecular complexity index is 3140. The minimum absolute atomic E-state index is 0.00933. The topological polar surface area (TPSA) is 446 Å². The zero-order chi connectivity index (χ0) is 69.9. The Morgan fingerprint density at radius 1 is 0.438 bits per heavy atom. The van der Waals surface area contributed by atoms with Crippen molar-refractivity contribution in [3.05, 3.63) is 75.3 Å². The van der Waals surface area contributed by atoms with Crippen molar-refractivity contribution in [2.75, 3.05) is 86.9 Å². The van der Waals surface area contributed by atoms with Crippen molar-refractivity contribution >= 4 is 58.9 Å². The number of methoxy groups -OCH3 is 1. The smallest absolute Gasteiger partial charge is 0.255 e. The van der Waals surface area contributed by atoms with Crippen LogP contribution < -0.4 is 85.5 Å². The minimum atomic E-state index is -0.400. The number of unbranched alkanes of at least 4 members (excludes halogenated alkanes) is 8. The van der Waals surface area contributed by atoms with Crippen LogP contribution in [0.1, 0.15) is 216 Å². The van der Waals surface area contributed by atoms with Crippen molar-refractivity contribution in [1.29, 1.82) is 0 Å². The van der Waals surface area contributed by atoms with Crippen molar-refractivity contribution in [3.63, 3.8) is 0 Å². The molecule has 0 saturated heterocycles. The lowest BCUT2D eigenvalue weighted by Crippen LogP contribution is -2.38. The molecule has 530 valence electrons. The summed E-state index contributed by atoms with van der Waals surface area (Å²) in [7, 11) is 5.33. The molecule has 0 atom stereocenters. The standard InChI is InChI=1S/C69H108N16O11/c1-44-36-58(92-5)52(39-50(44)56(87)37-46-18-22-48(23-19-46)83-64(90)54-40-51(45(2)86)59(93-32-14-6-10-26-79-66(70)71)42-61(54)95-34-16-8-12-28-81-68(74)75)57(88)38-47-20-24-49(25-21-47)84-65(91)55-41-53(63(89)78-30-31-85(3)4)60(94-33-15-7-11-27-80-67(72)73)43-62(55)96-35-17-9-13-29-82-69(76)77/h36,39-43,46-49H,6-35,37-38H2,1-5H3,(H,78,89)(H,83,90)(H,84,91)(H4,70,71,79)(H4,72,73,80)(H4,74,75,81)(H4,76,77,82). The largest absolute Gasteiger partial charge is 0.496 e. The summed E-state index contributed by atoms with van der Waals surface area (Å²) in [6, 6.07) is 9.36. The highest BCUT2D eigenvalue weighted by molar-refractivity contribution is 6.06. The number of aryl methyl sites for hydroxylation is 1. The lowest BCUT2D eigenvalue weighted by Gasteiger charge is -2.29. The molecular formula is C69H108N16O11. The fourth-order valence-electron chi connectivity index (χ4n) is 11.7. The van der Waals surface area contributed by atoms with Crippen LogP contribution in [0.5, 0.6) is 28.7 Å². The number of benzene rings is 3. The predicted octanol–water partition coefficient (Wildman–Crippen LogP) is 5.91. The number of ketones is 3. The lowest BCUT2D eigenvalue weighted by atomic mass is 9.80. The zero-order valence-electron chi connectivity index (χ0n) is 57.2. The average molecular weight is 1340 g/mol. The molecule has 27 heteroatoms. The van der Waals surface area contributed by atoms with Crippen LogP contribution in [-0.4, -0.2) is 163 Å². The minimum Gasteiger partial charge on any atom is -0.496 e. The summed E-state index contributed by atoms with van der Waals surface area (Å²) in [5.41, 5.74) is 46.2. The molecule has 2 saturated carbocycles. The summed E-state index contributed by atoms with van der Waals surface area (Å²) in [5.74, 6) is 0.144. The van der Waals surface area contributed by atoms with Gasteiger partial charge in [0.25, 0.3) is 17.7 Å². The van der Waals surface area contributed by atoms with Gasteiger partial charge in [0.1, 0.15) is 28.7 Å². The molecule has 3 amide bonds. The zero-order valence-corrected chi connectivity index (χ0v) is 57.2. The normalized spacial score (nSPS) is 15.9. The maximum absolute atomic E-state index is 14.4. The molecule has 0 radical (unpaired) electrons. The van der Waals surface area contributed by atoms with E-state index in [-0.39, 0.29) is 124 Å². The van der Waals surface area contributed by atoms with E-state index < -0.39 is 11.8 Å². The van der Waals surface area contributed by atoms with E-state index in [1.165, 1.54) is 14.0 Å². The number of carbonyl (C=O) groups excluding carboxylic acids is 6. The molecule has 0 aromatic heterocycles. The Labute approximate surface area is 565 Å². The SMILES string of the molecule is COc1cc(C)c(C(=O)CC2CCC(NC(=O)c3cc(C(C)=O)c(OCCCCCN=C(N)N)cc3OCCCCCN=C(N)N)CC2)cc1C(=O)CC1CCC(NC(=O)c2cc(C(=O)NCCN(C)C)c(OCCCCCN=C(N)N)cc2OCCCCCN=C(N)N)CC1. The van der Waals surface area contributed by atoms with Crippen LogP contribution in [0.25, 0.3) is 0 Å². The quantitative estimate of drug-likeness (QED) is 0.0136. The highest BCUT2D eigenvalue weighted by Gasteiger charge is 2.31. The van der Waals surface area contributed by atoms with Gasteiger partial charge in [0.05, 0.1) is 61.4 Å². The number of nitrogens with zero attached hydrogens (tertiary/aromatic N) is 5. The number of nitrogens with one attached hydrogen (secondary N) is 3. The average Bonchev–Trinajstić information content (AvgIpc) is 0.826. The summed E-state index contributed by atoms with van der Waals surface area (Å²) >= 11 is 0. The molecule has 0 spiro atoms. The van der Waals surface area contributed by atoms with E-state index in [9.17, 15) is 28.8 Å². The third kappa shape index (κ3) is 27.8. The number of ether oxygens (including phenoxy) is 5. The number of likely N-dealkylation sites (N-methyl/N-ethyl adjacent to an activating group) is 1. The van der Waals surface area contributed by atoms with E-state index in [2.05, 4.69) is 35.9 Å². The van der Waals surface area contributed by atoms with Crippen molar-refractivity contribution in [1.82, 2.24) is 20.9 Å². The van der Waals surface area contributed by atoms with Gasteiger partial charge in [-0.1, -0.05) is 0 Å². The summed E-state index contributed by atoms with van der Waals surface area (Å²) in [6.45, 7) is 7.41. The van der Waals surface area contributed by atoms with E-state index in [0.29, 0.717) is 170 Å². The molecule has 0 bridgehead atoms. The van der Waals surface area contributed by atoms with E-state index in [1.54, 1.807) is 36.4 Å². The van der Waals surface area contributed by atoms with Gasteiger partial charge in [0, 0.05) is 81.9 Å². The Balaban J connectivity index is 1.21. The highest BCUT2D eigenvalue weighted by atomic mass is 16.5. The Kier molecular flexibility index (Phi) is 33.9. The van der Waals surface area contributed by atoms with E-state index in [0.717, 1.165) is 51.4 Å². The predicted molar refractivity (Wildman–Crippen MR) is 376 cm³/mol. The summed E-state index contributed by atoms with van der Waals surface area (Å²) in [4.78, 5) is 102. The van der Waals surface area contributed by atoms with Gasteiger partial charge in [-0.15, -0.1) is 0 Å². The molecule has 2 fully saturated rings. The van der Waals surface area contributed by atoms with Crippen LogP contribution in [0.2, 0.25) is 0 Å². The molecular weight excluding hydrogens is 1230 g/mol. The highest BCUT2D eigenvalue weighted by Crippen LogP contribution is 2.37. The lowest BCUT2D eigenvalue weighted by molar-refractivity contribution is 0.0890. The fraction of sp³-hybridized carbons (Fsp3) is 0.594. The fourth-order valence-corrected chi connectivity index (χ4v) is 11.7. The first-order valence-electron chi connectivity index (χ1n) is 33.9. The van der Waals surface area contributed by atoms with Gasteiger partial charge in [-0.25, -0.2) is 0 Å². The van der Waals surface area contributed by atoms with Gasteiger partial charge in [0.2, 0.25) is 0 Å². The van der Waals surface area contributed by atoms with Crippen LogP contribution in [0.3, 0.4) is 0 Å². The van der Waals surface area contributed by atoms with Gasteiger partial charge in [-0.2, -0.15) is 0 Å². The van der Waals surface area contributed by atoms with Crippen LogP contribution in [0, 0.1) is 18.8 Å². The number of aliphatic imine (C=N–C) groups is 4. The van der Waals surface area contributed by atoms with Crippen molar-refractivity contribution in [2.45, 2.75) is 167 Å². The third-order valence-corrected chi connectivity index (χ3v) is 17.0. The molecule has 0 heterocycles. The molecule has 0 aliphatic heterocycles. The second kappa shape index (κ2) is 41.8. The molecule has 19 N–H and O–H groups in total. The maximum atomic E-state index is 14.4. The van der Waals surface area contributed by atoms with Crippen molar-refractivity contribution in [3.8, 4) is 28.7 Å². The Morgan fingerprint density at radius 3 is 1.14 bits per heavy atom. The molecule has 5 rings (SSSR count). The summed E-state index contributed by atoms with van der Waals surface area (Å²) < 4.78 is 30.6. The monoisotopic (exact) mass is 1340 g/mol. The number of hydrogen-bond acceptors (Lipinski definition) is 16. The number of Topliss-reactive ketones (excluding diaryl/α,β-unsaturated/α-hetero) is 3. The number of guanidine groups is 4. The van der Waals surface area contributed by atoms with E-state index in [4.69, 9.17) is 69.6 Å². The second-order valence-electron chi connectivity index (χ2n) is 25.2. The molecule has 27 nitrogen and oxygen atoms in total. The van der Waals surface area contributed by atoms with Gasteiger partial charge in [0.15, 0.2) is 41.2 Å². The van der Waals surface area contributed by atoms with Crippen molar-refractivity contribution < 1.29 is 52.5 Å². The molecule has 2 aliphatic rings. The Morgan fingerprint density at radius 2 is 0.781 bits per heavy atom. The number of nitrogens with two attached hydrogens (primary N) is 8. The number of carbonyl (C=O) groups is 6. The number of amides is 3. The summed E-state index contributed by atoms with van der Waals surface area (Å²) in [5, 5.41) is 9.35.